The van der Waals surface area contributed by atoms with Crippen molar-refractivity contribution in [2.45, 2.75) is 32.9 Å². The second kappa shape index (κ2) is 8.53. The third-order valence-electron chi connectivity index (χ3n) is 5.05. The average molecular weight is 421 g/mol. The van der Waals surface area contributed by atoms with Gasteiger partial charge in [0.25, 0.3) is 0 Å². The van der Waals surface area contributed by atoms with E-state index in [1.54, 1.807) is 13.8 Å². The standard InChI is InChI=1S/C24H28N4O3/c1-4-31-19-8-7-16-11-18(6-5-17(16)12-19)20-13-28(14-24(2,3)30)23-21(20)22(25-9-10-29)26-15-27-23/h5-8,11-13,15,29-30H,4,9-10,14H2,1-3H3,(H,25,26,27). The third-order valence-corrected chi connectivity index (χ3v) is 5.05. The fourth-order valence-corrected chi connectivity index (χ4v) is 3.84. The number of nitrogens with zero attached hydrogens (tertiary/aromatic N) is 3. The molecule has 0 radical (unpaired) electrons. The van der Waals surface area contributed by atoms with E-state index in [1.165, 1.54) is 6.33 Å². The molecule has 2 aromatic carbocycles. The van der Waals surface area contributed by atoms with Crippen molar-refractivity contribution >= 4 is 27.6 Å². The number of nitrogens with one attached hydrogen (secondary N) is 1. The predicted molar refractivity (Wildman–Crippen MR) is 124 cm³/mol. The van der Waals surface area contributed by atoms with Gasteiger partial charge in [0.1, 0.15) is 23.5 Å². The predicted octanol–water partition coefficient (Wildman–Crippen LogP) is 3.83. The molecule has 0 bridgehead atoms. The van der Waals surface area contributed by atoms with Gasteiger partial charge in [-0.15, -0.1) is 0 Å². The molecule has 7 nitrogen and oxygen atoms in total. The van der Waals surface area contributed by atoms with Gasteiger partial charge in [0, 0.05) is 18.3 Å². The highest BCUT2D eigenvalue weighted by atomic mass is 16.5. The van der Waals surface area contributed by atoms with Crippen molar-refractivity contribution in [1.82, 2.24) is 14.5 Å². The maximum atomic E-state index is 10.4. The second-order valence-electron chi connectivity index (χ2n) is 8.21. The number of rotatable bonds is 8. The van der Waals surface area contributed by atoms with Gasteiger partial charge in [-0.05, 0) is 55.3 Å². The van der Waals surface area contributed by atoms with Crippen LogP contribution in [0.3, 0.4) is 0 Å². The largest absolute Gasteiger partial charge is 0.494 e. The molecule has 0 atom stereocenters. The Hall–Kier alpha value is -3.16. The first-order valence-corrected chi connectivity index (χ1v) is 10.5. The number of anilines is 1. The van der Waals surface area contributed by atoms with Crippen molar-refractivity contribution < 1.29 is 14.9 Å². The summed E-state index contributed by atoms with van der Waals surface area (Å²) >= 11 is 0. The van der Waals surface area contributed by atoms with Gasteiger partial charge in [-0.25, -0.2) is 9.97 Å². The zero-order chi connectivity index (χ0) is 22.0. The number of hydrogen-bond acceptors (Lipinski definition) is 6. The summed E-state index contributed by atoms with van der Waals surface area (Å²) in [6.07, 6.45) is 3.51. The molecule has 162 valence electrons. The second-order valence-corrected chi connectivity index (χ2v) is 8.21. The highest BCUT2D eigenvalue weighted by molar-refractivity contribution is 6.03. The lowest BCUT2D eigenvalue weighted by Gasteiger charge is -2.18. The lowest BCUT2D eigenvalue weighted by Crippen LogP contribution is -2.25. The summed E-state index contributed by atoms with van der Waals surface area (Å²) in [7, 11) is 0. The van der Waals surface area contributed by atoms with E-state index in [4.69, 9.17) is 4.74 Å². The zero-order valence-corrected chi connectivity index (χ0v) is 18.1. The summed E-state index contributed by atoms with van der Waals surface area (Å²) in [5.41, 5.74) is 1.83. The topological polar surface area (TPSA) is 92.4 Å². The Morgan fingerprint density at radius 2 is 1.87 bits per heavy atom. The molecule has 2 aromatic heterocycles. The summed E-state index contributed by atoms with van der Waals surface area (Å²) in [6.45, 7) is 6.94. The van der Waals surface area contributed by atoms with Crippen molar-refractivity contribution in [2.24, 2.45) is 0 Å². The lowest BCUT2D eigenvalue weighted by atomic mass is 10.0. The summed E-state index contributed by atoms with van der Waals surface area (Å²) in [4.78, 5) is 8.91. The van der Waals surface area contributed by atoms with Crippen LogP contribution in [0.15, 0.2) is 48.9 Å². The van der Waals surface area contributed by atoms with Crippen LogP contribution >= 0.6 is 0 Å². The molecule has 0 aliphatic carbocycles. The van der Waals surface area contributed by atoms with E-state index in [0.717, 1.165) is 38.7 Å². The van der Waals surface area contributed by atoms with Crippen LogP contribution in [-0.2, 0) is 6.54 Å². The fourth-order valence-electron chi connectivity index (χ4n) is 3.84. The van der Waals surface area contributed by atoms with Gasteiger partial charge in [-0.2, -0.15) is 0 Å². The Morgan fingerprint density at radius 3 is 2.61 bits per heavy atom. The molecule has 0 saturated heterocycles. The van der Waals surface area contributed by atoms with Crippen molar-refractivity contribution in [2.75, 3.05) is 25.1 Å². The molecule has 3 N–H and O–H groups in total. The number of hydrogen-bond donors (Lipinski definition) is 3. The van der Waals surface area contributed by atoms with Gasteiger partial charge in [-0.1, -0.05) is 18.2 Å². The third kappa shape index (κ3) is 4.47. The molecule has 0 fully saturated rings. The maximum Gasteiger partial charge on any atom is 0.146 e. The van der Waals surface area contributed by atoms with Gasteiger partial charge in [0.15, 0.2) is 0 Å². The molecule has 0 unspecified atom stereocenters. The van der Waals surface area contributed by atoms with Crippen LogP contribution < -0.4 is 10.1 Å². The van der Waals surface area contributed by atoms with Crippen LogP contribution in [0.4, 0.5) is 5.82 Å². The average Bonchev–Trinajstić information content (AvgIpc) is 3.09. The summed E-state index contributed by atoms with van der Waals surface area (Å²) in [6, 6.07) is 12.4. The van der Waals surface area contributed by atoms with Crippen molar-refractivity contribution in [3.63, 3.8) is 0 Å². The van der Waals surface area contributed by atoms with E-state index >= 15 is 0 Å². The molecule has 0 amide bonds. The van der Waals surface area contributed by atoms with Gasteiger partial charge in [0.05, 0.1) is 30.7 Å². The van der Waals surface area contributed by atoms with Crippen LogP contribution in [0.25, 0.3) is 32.9 Å². The van der Waals surface area contributed by atoms with Crippen molar-refractivity contribution in [1.29, 1.82) is 0 Å². The van der Waals surface area contributed by atoms with Crippen LogP contribution in [-0.4, -0.2) is 50.1 Å². The minimum atomic E-state index is -0.897. The van der Waals surface area contributed by atoms with E-state index in [9.17, 15) is 10.2 Å². The normalized spacial score (nSPS) is 11.9. The highest BCUT2D eigenvalue weighted by Crippen LogP contribution is 2.36. The molecule has 0 aliphatic heterocycles. The van der Waals surface area contributed by atoms with E-state index < -0.39 is 5.60 Å². The maximum absolute atomic E-state index is 10.4. The molecular weight excluding hydrogens is 392 g/mol. The zero-order valence-electron chi connectivity index (χ0n) is 18.1. The highest BCUT2D eigenvalue weighted by Gasteiger charge is 2.21. The Balaban J connectivity index is 1.88. The molecular formula is C24H28N4O3. The van der Waals surface area contributed by atoms with Gasteiger partial charge in [-0.3, -0.25) is 0 Å². The monoisotopic (exact) mass is 420 g/mol. The Labute approximate surface area is 181 Å². The SMILES string of the molecule is CCOc1ccc2cc(-c3cn(CC(C)(C)O)c4ncnc(NCCO)c34)ccc2c1. The molecule has 0 aliphatic rings. The number of benzene rings is 2. The molecule has 31 heavy (non-hydrogen) atoms. The summed E-state index contributed by atoms with van der Waals surface area (Å²) in [5.74, 6) is 1.52. The minimum absolute atomic E-state index is 0.00332. The first kappa shape index (κ1) is 21.1. The van der Waals surface area contributed by atoms with Crippen molar-refractivity contribution in [3.05, 3.63) is 48.9 Å². The van der Waals surface area contributed by atoms with Crippen molar-refractivity contribution in [3.8, 4) is 16.9 Å². The molecule has 7 heteroatoms. The number of aliphatic hydroxyl groups excluding tert-OH is 1. The first-order valence-electron chi connectivity index (χ1n) is 10.5. The van der Waals surface area contributed by atoms with Gasteiger partial charge >= 0.3 is 0 Å². The van der Waals surface area contributed by atoms with Gasteiger partial charge < -0.3 is 24.8 Å². The van der Waals surface area contributed by atoms with E-state index in [-0.39, 0.29) is 6.61 Å². The Kier molecular flexibility index (Phi) is 5.80. The Bertz CT molecular complexity index is 1210. The molecule has 0 saturated carbocycles. The van der Waals surface area contributed by atoms with Crippen LogP contribution in [0, 0.1) is 0 Å². The van der Waals surface area contributed by atoms with E-state index in [0.29, 0.717) is 25.5 Å². The lowest BCUT2D eigenvalue weighted by molar-refractivity contribution is 0.0627. The Morgan fingerprint density at radius 1 is 1.10 bits per heavy atom. The molecule has 2 heterocycles. The molecule has 4 aromatic rings. The van der Waals surface area contributed by atoms with Crippen LogP contribution in [0.5, 0.6) is 5.75 Å². The van der Waals surface area contributed by atoms with E-state index in [2.05, 4.69) is 39.6 Å². The smallest absolute Gasteiger partial charge is 0.146 e. The molecule has 0 spiro atoms. The first-order chi connectivity index (χ1) is 14.9. The van der Waals surface area contributed by atoms with Crippen LogP contribution in [0.1, 0.15) is 20.8 Å². The number of aromatic nitrogens is 3. The number of fused-ring (bicyclic) bond motifs is 2. The van der Waals surface area contributed by atoms with Gasteiger partial charge in [0.2, 0.25) is 0 Å². The van der Waals surface area contributed by atoms with Crippen LogP contribution in [0.2, 0.25) is 0 Å². The molecule has 4 rings (SSSR count). The number of aliphatic hydroxyl groups is 2. The van der Waals surface area contributed by atoms with E-state index in [1.807, 2.05) is 29.8 Å². The summed E-state index contributed by atoms with van der Waals surface area (Å²) in [5, 5.41) is 25.9. The summed E-state index contributed by atoms with van der Waals surface area (Å²) < 4.78 is 7.57. The minimum Gasteiger partial charge on any atom is -0.494 e. The quantitative estimate of drug-likeness (QED) is 0.401. The number of ether oxygens (including phenoxy) is 1. The fraction of sp³-hybridized carbons (Fsp3) is 0.333.